The van der Waals surface area contributed by atoms with Crippen LogP contribution in [0.15, 0.2) is 65.7 Å². The van der Waals surface area contributed by atoms with E-state index < -0.39 is 21.0 Å². The first-order chi connectivity index (χ1) is 14.8. The van der Waals surface area contributed by atoms with E-state index >= 15 is 0 Å². The molecule has 0 aliphatic rings. The number of hydrogen-bond donors (Lipinski definition) is 3. The van der Waals surface area contributed by atoms with Gasteiger partial charge in [-0.05, 0) is 37.3 Å². The third-order valence-electron chi connectivity index (χ3n) is 4.22. The van der Waals surface area contributed by atoms with Crippen LogP contribution in [0, 0.1) is 17.0 Å². The lowest BCUT2D eigenvalue weighted by Gasteiger charge is -2.11. The molecule has 0 spiro atoms. The lowest BCUT2D eigenvalue weighted by molar-refractivity contribution is -0.385. The molecule has 3 rings (SSSR count). The van der Waals surface area contributed by atoms with Crippen molar-refractivity contribution >= 4 is 27.4 Å². The Labute approximate surface area is 178 Å². The molecule has 1 aromatic heterocycles. The number of nitro groups is 1. The van der Waals surface area contributed by atoms with Gasteiger partial charge in [0.15, 0.2) is 0 Å². The smallest absolute Gasteiger partial charge is 0.319 e. The van der Waals surface area contributed by atoms with Crippen molar-refractivity contribution in [2.24, 2.45) is 0 Å². The van der Waals surface area contributed by atoms with Gasteiger partial charge in [0, 0.05) is 42.8 Å². The second kappa shape index (κ2) is 9.36. The highest BCUT2D eigenvalue weighted by Crippen LogP contribution is 2.17. The minimum absolute atomic E-state index is 0.0119. The van der Waals surface area contributed by atoms with Crippen molar-refractivity contribution in [2.45, 2.75) is 11.8 Å². The molecular formula is C19H20N6O5S. The number of carbonyl (C=O) groups excluding carboxylic acids is 1. The zero-order valence-corrected chi connectivity index (χ0v) is 17.3. The molecule has 1 heterocycles. The number of non-ortho nitro benzene ring substituents is 1. The molecule has 0 atom stereocenters. The number of amides is 2. The molecule has 12 heteroatoms. The van der Waals surface area contributed by atoms with Crippen molar-refractivity contribution in [1.29, 1.82) is 0 Å². The highest BCUT2D eigenvalue weighted by molar-refractivity contribution is 7.89. The number of aryl methyl sites for hydroxylation is 1. The zero-order chi connectivity index (χ0) is 22.4. The van der Waals surface area contributed by atoms with Gasteiger partial charge in [0.05, 0.1) is 15.5 Å². The second-order valence-corrected chi connectivity index (χ2v) is 8.23. The van der Waals surface area contributed by atoms with Crippen LogP contribution in [0.5, 0.6) is 0 Å². The molecule has 2 amide bonds. The molecule has 0 fully saturated rings. The van der Waals surface area contributed by atoms with Gasteiger partial charge in [-0.1, -0.05) is 12.1 Å². The molecule has 0 aliphatic carbocycles. The fraction of sp³-hybridized carbons (Fsp3) is 0.158. The zero-order valence-electron chi connectivity index (χ0n) is 16.5. The molecule has 2 aromatic carbocycles. The van der Waals surface area contributed by atoms with Crippen molar-refractivity contribution in [2.75, 3.05) is 18.4 Å². The van der Waals surface area contributed by atoms with Gasteiger partial charge in [-0.25, -0.2) is 22.6 Å². The summed E-state index contributed by atoms with van der Waals surface area (Å²) < 4.78 is 28.5. The molecule has 3 aromatic rings. The van der Waals surface area contributed by atoms with Crippen molar-refractivity contribution in [3.8, 4) is 5.69 Å². The normalized spacial score (nSPS) is 11.1. The molecule has 11 nitrogen and oxygen atoms in total. The quantitative estimate of drug-likeness (QED) is 0.275. The molecule has 0 saturated carbocycles. The summed E-state index contributed by atoms with van der Waals surface area (Å²) in [5.41, 5.74) is 1.94. The standard InChI is InChI=1S/C19H20N6O5S/c1-14-8-9-21-24(14)16-5-2-4-15(12-16)23-19(26)20-10-11-22-31(29,30)18-7-3-6-17(13-18)25(27)28/h2-9,12-13,22H,10-11H2,1H3,(H2,20,23,26). The molecule has 0 bridgehead atoms. The maximum absolute atomic E-state index is 12.2. The first-order valence-corrected chi connectivity index (χ1v) is 10.6. The Hall–Kier alpha value is -3.77. The Bertz CT molecular complexity index is 1210. The van der Waals surface area contributed by atoms with E-state index in [1.807, 2.05) is 19.1 Å². The van der Waals surface area contributed by atoms with Crippen LogP contribution in [0.3, 0.4) is 0 Å². The number of carbonyl (C=O) groups is 1. The Kier molecular flexibility index (Phi) is 6.62. The van der Waals surface area contributed by atoms with Gasteiger partial charge in [0.2, 0.25) is 10.0 Å². The van der Waals surface area contributed by atoms with Crippen LogP contribution in [0.2, 0.25) is 0 Å². The van der Waals surface area contributed by atoms with Crippen LogP contribution in [-0.4, -0.2) is 42.2 Å². The number of urea groups is 1. The third-order valence-corrected chi connectivity index (χ3v) is 5.68. The highest BCUT2D eigenvalue weighted by atomic mass is 32.2. The average molecular weight is 444 g/mol. The molecular weight excluding hydrogens is 424 g/mol. The van der Waals surface area contributed by atoms with Gasteiger partial charge >= 0.3 is 6.03 Å². The predicted molar refractivity (Wildman–Crippen MR) is 114 cm³/mol. The maximum Gasteiger partial charge on any atom is 0.319 e. The summed E-state index contributed by atoms with van der Waals surface area (Å²) in [6.07, 6.45) is 1.68. The summed E-state index contributed by atoms with van der Waals surface area (Å²) in [5.74, 6) is 0. The number of sulfonamides is 1. The number of nitrogens with one attached hydrogen (secondary N) is 3. The second-order valence-electron chi connectivity index (χ2n) is 6.47. The Morgan fingerprint density at radius 3 is 2.61 bits per heavy atom. The number of nitro benzene ring substituents is 1. The number of anilines is 1. The minimum atomic E-state index is -3.94. The summed E-state index contributed by atoms with van der Waals surface area (Å²) in [6, 6.07) is 13.2. The lowest BCUT2D eigenvalue weighted by atomic mass is 10.2. The van der Waals surface area contributed by atoms with E-state index in [0.717, 1.165) is 17.4 Å². The topological polar surface area (TPSA) is 148 Å². The SMILES string of the molecule is Cc1ccnn1-c1cccc(NC(=O)NCCNS(=O)(=O)c2cccc([N+](=O)[O-])c2)c1. The van der Waals surface area contributed by atoms with E-state index in [1.165, 1.54) is 18.2 Å². The molecule has 0 radical (unpaired) electrons. The first kappa shape index (κ1) is 21.9. The minimum Gasteiger partial charge on any atom is -0.337 e. The highest BCUT2D eigenvalue weighted by Gasteiger charge is 2.17. The predicted octanol–water partition coefficient (Wildman–Crippen LogP) is 2.19. The molecule has 0 aliphatic heterocycles. The van der Waals surface area contributed by atoms with Crippen molar-refractivity contribution in [3.05, 3.63) is 76.6 Å². The molecule has 0 saturated heterocycles. The van der Waals surface area contributed by atoms with Crippen LogP contribution in [0.25, 0.3) is 5.69 Å². The summed E-state index contributed by atoms with van der Waals surface area (Å²) in [5, 5.41) is 20.2. The third kappa shape index (κ3) is 5.65. The number of aromatic nitrogens is 2. The lowest BCUT2D eigenvalue weighted by Crippen LogP contribution is -2.36. The van der Waals surface area contributed by atoms with Gasteiger partial charge in [-0.15, -0.1) is 0 Å². The van der Waals surface area contributed by atoms with Crippen LogP contribution < -0.4 is 15.4 Å². The van der Waals surface area contributed by atoms with E-state index in [4.69, 9.17) is 0 Å². The average Bonchev–Trinajstić information content (AvgIpc) is 3.17. The van der Waals surface area contributed by atoms with E-state index in [2.05, 4.69) is 20.5 Å². The van der Waals surface area contributed by atoms with Gasteiger partial charge in [0.25, 0.3) is 5.69 Å². The monoisotopic (exact) mass is 444 g/mol. The van der Waals surface area contributed by atoms with Crippen LogP contribution >= 0.6 is 0 Å². The Balaban J connectivity index is 1.51. The van der Waals surface area contributed by atoms with Gasteiger partial charge in [-0.3, -0.25) is 10.1 Å². The summed E-state index contributed by atoms with van der Waals surface area (Å²) >= 11 is 0. The van der Waals surface area contributed by atoms with E-state index in [9.17, 15) is 23.3 Å². The molecule has 3 N–H and O–H groups in total. The number of rotatable bonds is 8. The largest absolute Gasteiger partial charge is 0.337 e. The van der Waals surface area contributed by atoms with E-state index in [1.54, 1.807) is 29.1 Å². The summed E-state index contributed by atoms with van der Waals surface area (Å²) in [6.45, 7) is 1.83. The number of benzene rings is 2. The fourth-order valence-electron chi connectivity index (χ4n) is 2.74. The molecule has 0 unspecified atom stereocenters. The fourth-order valence-corrected chi connectivity index (χ4v) is 3.81. The van der Waals surface area contributed by atoms with E-state index in [-0.39, 0.29) is 23.7 Å². The van der Waals surface area contributed by atoms with Crippen LogP contribution in [0.1, 0.15) is 5.69 Å². The van der Waals surface area contributed by atoms with Gasteiger partial charge in [-0.2, -0.15) is 5.10 Å². The summed E-state index contributed by atoms with van der Waals surface area (Å²) in [7, 11) is -3.94. The van der Waals surface area contributed by atoms with E-state index in [0.29, 0.717) is 5.69 Å². The maximum atomic E-state index is 12.2. The Morgan fingerprint density at radius 2 is 1.90 bits per heavy atom. The van der Waals surface area contributed by atoms with Gasteiger partial charge in [0.1, 0.15) is 0 Å². The number of nitrogens with zero attached hydrogens (tertiary/aromatic N) is 3. The van der Waals surface area contributed by atoms with Gasteiger partial charge < -0.3 is 10.6 Å². The van der Waals surface area contributed by atoms with Crippen LogP contribution in [-0.2, 0) is 10.0 Å². The van der Waals surface area contributed by atoms with Crippen molar-refractivity contribution in [1.82, 2.24) is 19.8 Å². The molecule has 31 heavy (non-hydrogen) atoms. The Morgan fingerprint density at radius 1 is 1.13 bits per heavy atom. The van der Waals surface area contributed by atoms with Crippen molar-refractivity contribution < 1.29 is 18.1 Å². The number of hydrogen-bond acceptors (Lipinski definition) is 6. The summed E-state index contributed by atoms with van der Waals surface area (Å²) in [4.78, 5) is 22.0. The molecule has 162 valence electrons. The van der Waals surface area contributed by atoms with Crippen molar-refractivity contribution in [3.63, 3.8) is 0 Å². The first-order valence-electron chi connectivity index (χ1n) is 9.16. The van der Waals surface area contributed by atoms with Crippen LogP contribution in [0.4, 0.5) is 16.2 Å².